The number of aromatic nitrogens is 1. The van der Waals surface area contributed by atoms with Crippen LogP contribution in [0.3, 0.4) is 0 Å². The molecule has 11 heavy (non-hydrogen) atoms. The molecule has 60 valence electrons. The quantitative estimate of drug-likeness (QED) is 0.595. The van der Waals surface area contributed by atoms with Crippen LogP contribution in [0, 0.1) is 6.92 Å². The first-order chi connectivity index (χ1) is 5.11. The highest BCUT2D eigenvalue weighted by molar-refractivity contribution is 6.29. The summed E-state index contributed by atoms with van der Waals surface area (Å²) in [6.07, 6.45) is -0.972. The van der Waals surface area contributed by atoms with Crippen LogP contribution in [0.15, 0.2) is 12.1 Å². The minimum atomic E-state index is -0.972. The van der Waals surface area contributed by atoms with Crippen LogP contribution in [0.1, 0.15) is 24.4 Å². The maximum atomic E-state index is 12.7. The van der Waals surface area contributed by atoms with Gasteiger partial charge in [0.25, 0.3) is 0 Å². The van der Waals surface area contributed by atoms with E-state index in [1.54, 1.807) is 19.1 Å². The van der Waals surface area contributed by atoms with E-state index in [9.17, 15) is 4.39 Å². The lowest BCUT2D eigenvalue weighted by molar-refractivity contribution is 0.371. The molecule has 0 N–H and O–H groups in total. The summed E-state index contributed by atoms with van der Waals surface area (Å²) in [6.45, 7) is 3.23. The van der Waals surface area contributed by atoms with Crippen LogP contribution in [-0.2, 0) is 0 Å². The summed E-state index contributed by atoms with van der Waals surface area (Å²) in [4.78, 5) is 3.92. The van der Waals surface area contributed by atoms with Crippen molar-refractivity contribution < 1.29 is 4.39 Å². The van der Waals surface area contributed by atoms with Crippen LogP contribution in [0.4, 0.5) is 4.39 Å². The minimum absolute atomic E-state index is 0.409. The molecule has 0 aliphatic carbocycles. The van der Waals surface area contributed by atoms with E-state index >= 15 is 0 Å². The summed E-state index contributed by atoms with van der Waals surface area (Å²) in [5, 5.41) is 0.409. The van der Waals surface area contributed by atoms with Crippen molar-refractivity contribution >= 4 is 11.6 Å². The van der Waals surface area contributed by atoms with E-state index in [1.165, 1.54) is 6.92 Å². The molecule has 1 aromatic rings. The lowest BCUT2D eigenvalue weighted by Gasteiger charge is -2.04. The lowest BCUT2D eigenvalue weighted by Crippen LogP contribution is -1.93. The molecule has 1 heterocycles. The van der Waals surface area contributed by atoms with Gasteiger partial charge >= 0.3 is 0 Å². The SMILES string of the molecule is Cc1nc(Cl)ccc1C(C)F. The first kappa shape index (κ1) is 8.47. The molecule has 0 aliphatic heterocycles. The van der Waals surface area contributed by atoms with Gasteiger partial charge in [-0.2, -0.15) is 0 Å². The Morgan fingerprint density at radius 3 is 2.64 bits per heavy atom. The Balaban J connectivity index is 3.09. The number of rotatable bonds is 1. The smallest absolute Gasteiger partial charge is 0.129 e. The molecule has 0 saturated carbocycles. The third kappa shape index (κ3) is 1.90. The summed E-state index contributed by atoms with van der Waals surface area (Å²) in [6, 6.07) is 3.26. The molecule has 0 saturated heterocycles. The van der Waals surface area contributed by atoms with E-state index in [4.69, 9.17) is 11.6 Å². The standard InChI is InChI=1S/C8H9ClFN/c1-5(10)7-3-4-8(9)11-6(7)2/h3-5H,1-2H3. The molecule has 1 aromatic heterocycles. The van der Waals surface area contributed by atoms with E-state index in [1.807, 2.05) is 0 Å². The predicted octanol–water partition coefficient (Wildman–Crippen LogP) is 3.07. The van der Waals surface area contributed by atoms with Gasteiger partial charge in [-0.25, -0.2) is 9.37 Å². The van der Waals surface area contributed by atoms with E-state index in [0.29, 0.717) is 16.4 Å². The molecule has 1 atom stereocenters. The number of hydrogen-bond acceptors (Lipinski definition) is 1. The predicted molar refractivity (Wildman–Crippen MR) is 43.5 cm³/mol. The molecule has 0 aliphatic rings. The number of pyridine rings is 1. The Labute approximate surface area is 70.2 Å². The Bertz CT molecular complexity index is 260. The van der Waals surface area contributed by atoms with Gasteiger partial charge in [-0.1, -0.05) is 17.7 Å². The van der Waals surface area contributed by atoms with Crippen molar-refractivity contribution in [3.05, 3.63) is 28.5 Å². The number of aryl methyl sites for hydroxylation is 1. The molecule has 1 unspecified atom stereocenters. The monoisotopic (exact) mass is 173 g/mol. The van der Waals surface area contributed by atoms with Crippen LogP contribution in [0.5, 0.6) is 0 Å². The average Bonchev–Trinajstić information content (AvgIpc) is 1.85. The zero-order valence-corrected chi connectivity index (χ0v) is 7.19. The minimum Gasteiger partial charge on any atom is -0.243 e. The molecular weight excluding hydrogens is 165 g/mol. The van der Waals surface area contributed by atoms with Gasteiger partial charge in [-0.3, -0.25) is 0 Å². The lowest BCUT2D eigenvalue weighted by atomic mass is 10.1. The van der Waals surface area contributed by atoms with Crippen molar-refractivity contribution in [2.75, 3.05) is 0 Å². The fraction of sp³-hybridized carbons (Fsp3) is 0.375. The van der Waals surface area contributed by atoms with Gasteiger partial charge in [0, 0.05) is 11.3 Å². The van der Waals surface area contributed by atoms with Gasteiger partial charge in [0.05, 0.1) is 0 Å². The normalized spacial score (nSPS) is 13.1. The van der Waals surface area contributed by atoms with Crippen molar-refractivity contribution in [1.82, 2.24) is 4.98 Å². The first-order valence-corrected chi connectivity index (χ1v) is 3.76. The number of hydrogen-bond donors (Lipinski definition) is 0. The summed E-state index contributed by atoms with van der Waals surface area (Å²) >= 11 is 5.59. The van der Waals surface area contributed by atoms with Crippen molar-refractivity contribution in [3.63, 3.8) is 0 Å². The molecule has 0 aromatic carbocycles. The molecule has 0 radical (unpaired) electrons. The summed E-state index contributed by atoms with van der Waals surface area (Å²) in [5.74, 6) is 0. The number of nitrogens with zero attached hydrogens (tertiary/aromatic N) is 1. The third-order valence-corrected chi connectivity index (χ3v) is 1.73. The largest absolute Gasteiger partial charge is 0.243 e. The molecule has 0 spiro atoms. The first-order valence-electron chi connectivity index (χ1n) is 3.38. The Morgan fingerprint density at radius 1 is 1.55 bits per heavy atom. The van der Waals surface area contributed by atoms with Crippen molar-refractivity contribution in [3.8, 4) is 0 Å². The van der Waals surface area contributed by atoms with Gasteiger partial charge in [0.2, 0.25) is 0 Å². The molecule has 0 amide bonds. The van der Waals surface area contributed by atoms with Crippen LogP contribution in [0.25, 0.3) is 0 Å². The zero-order chi connectivity index (χ0) is 8.43. The Morgan fingerprint density at radius 2 is 2.18 bits per heavy atom. The van der Waals surface area contributed by atoms with Gasteiger partial charge < -0.3 is 0 Å². The van der Waals surface area contributed by atoms with E-state index in [-0.39, 0.29) is 0 Å². The van der Waals surface area contributed by atoms with Crippen molar-refractivity contribution in [2.45, 2.75) is 20.0 Å². The molecule has 0 bridgehead atoms. The number of alkyl halides is 1. The second-order valence-corrected chi connectivity index (χ2v) is 2.81. The highest BCUT2D eigenvalue weighted by Gasteiger charge is 2.06. The van der Waals surface area contributed by atoms with Gasteiger partial charge in [0.15, 0.2) is 0 Å². The fourth-order valence-electron chi connectivity index (χ4n) is 0.962. The van der Waals surface area contributed by atoms with Gasteiger partial charge in [-0.15, -0.1) is 0 Å². The second-order valence-electron chi connectivity index (χ2n) is 2.42. The maximum absolute atomic E-state index is 12.7. The molecule has 1 rings (SSSR count). The second kappa shape index (κ2) is 3.18. The fourth-order valence-corrected chi connectivity index (χ4v) is 1.15. The van der Waals surface area contributed by atoms with Gasteiger partial charge in [-0.05, 0) is 19.9 Å². The summed E-state index contributed by atoms with van der Waals surface area (Å²) in [7, 11) is 0. The van der Waals surface area contributed by atoms with Crippen LogP contribution >= 0.6 is 11.6 Å². The van der Waals surface area contributed by atoms with E-state index < -0.39 is 6.17 Å². The topological polar surface area (TPSA) is 12.9 Å². The molecule has 0 fully saturated rings. The number of halogens is 2. The summed E-state index contributed by atoms with van der Waals surface area (Å²) in [5.41, 5.74) is 1.27. The molecule has 3 heteroatoms. The van der Waals surface area contributed by atoms with E-state index in [0.717, 1.165) is 0 Å². The van der Waals surface area contributed by atoms with E-state index in [2.05, 4.69) is 4.98 Å². The van der Waals surface area contributed by atoms with Crippen LogP contribution in [-0.4, -0.2) is 4.98 Å². The third-order valence-electron chi connectivity index (χ3n) is 1.52. The van der Waals surface area contributed by atoms with Crippen LogP contribution < -0.4 is 0 Å². The Kier molecular flexibility index (Phi) is 2.45. The molecule has 1 nitrogen and oxygen atoms in total. The Hall–Kier alpha value is -0.630. The zero-order valence-electron chi connectivity index (χ0n) is 6.44. The maximum Gasteiger partial charge on any atom is 0.129 e. The average molecular weight is 174 g/mol. The summed E-state index contributed by atoms with van der Waals surface area (Å²) < 4.78 is 12.7. The van der Waals surface area contributed by atoms with Crippen molar-refractivity contribution in [2.24, 2.45) is 0 Å². The molecular formula is C8H9ClFN. The highest BCUT2D eigenvalue weighted by atomic mass is 35.5. The van der Waals surface area contributed by atoms with Crippen molar-refractivity contribution in [1.29, 1.82) is 0 Å². The highest BCUT2D eigenvalue weighted by Crippen LogP contribution is 2.20. The van der Waals surface area contributed by atoms with Gasteiger partial charge in [0.1, 0.15) is 11.3 Å². The van der Waals surface area contributed by atoms with Crippen LogP contribution in [0.2, 0.25) is 5.15 Å².